The Morgan fingerprint density at radius 2 is 1.58 bits per heavy atom. The van der Waals surface area contributed by atoms with Crippen molar-refractivity contribution in [2.45, 2.75) is 33.6 Å². The molecule has 24 heavy (non-hydrogen) atoms. The summed E-state index contributed by atoms with van der Waals surface area (Å²) in [5, 5.41) is 4.18. The Balaban J connectivity index is 1.73. The second kappa shape index (κ2) is 8.84. The summed E-state index contributed by atoms with van der Waals surface area (Å²) in [6.45, 7) is 8.23. The van der Waals surface area contributed by atoms with Crippen molar-refractivity contribution >= 4 is 17.3 Å². The first kappa shape index (κ1) is 18.5. The Morgan fingerprint density at radius 3 is 2.25 bits per heavy atom. The summed E-state index contributed by atoms with van der Waals surface area (Å²) >= 11 is 5.49. The zero-order valence-corrected chi connectivity index (χ0v) is 16.0. The van der Waals surface area contributed by atoms with Gasteiger partial charge in [-0.2, -0.15) is 0 Å². The Morgan fingerprint density at radius 1 is 0.917 bits per heavy atom. The van der Waals surface area contributed by atoms with E-state index in [1.54, 1.807) is 0 Å². The quantitative estimate of drug-likeness (QED) is 0.793. The van der Waals surface area contributed by atoms with Crippen LogP contribution < -0.4 is 5.32 Å². The minimum atomic E-state index is 0.825. The van der Waals surface area contributed by atoms with Crippen molar-refractivity contribution < 1.29 is 0 Å². The summed E-state index contributed by atoms with van der Waals surface area (Å²) < 4.78 is 0. The molecule has 0 aromatic heterocycles. The van der Waals surface area contributed by atoms with E-state index in [1.807, 2.05) is 0 Å². The molecular weight excluding hydrogens is 312 g/mol. The minimum Gasteiger partial charge on any atom is -0.362 e. The topological polar surface area (TPSA) is 15.3 Å². The van der Waals surface area contributed by atoms with Gasteiger partial charge >= 0.3 is 0 Å². The molecule has 0 amide bonds. The molecule has 3 heteroatoms. The number of thiocarbonyl (C=S) groups is 1. The van der Waals surface area contributed by atoms with Gasteiger partial charge in [0.05, 0.1) is 0 Å². The maximum atomic E-state index is 5.49. The van der Waals surface area contributed by atoms with Crippen molar-refractivity contribution in [3.8, 4) is 0 Å². The summed E-state index contributed by atoms with van der Waals surface area (Å²) in [6, 6.07) is 15.4. The summed E-state index contributed by atoms with van der Waals surface area (Å²) in [4.78, 5) is 2.12. The third kappa shape index (κ3) is 5.64. The average Bonchev–Trinajstić information content (AvgIpc) is 2.57. The third-order valence-electron chi connectivity index (χ3n) is 4.46. The maximum absolute atomic E-state index is 5.49. The molecule has 2 rings (SSSR count). The summed E-state index contributed by atoms with van der Waals surface area (Å²) in [5.74, 6) is 0. The highest BCUT2D eigenvalue weighted by Gasteiger charge is 2.05. The minimum absolute atomic E-state index is 0.825. The predicted octanol–water partition coefficient (Wildman–Crippen LogP) is 4.20. The zero-order valence-electron chi connectivity index (χ0n) is 15.2. The van der Waals surface area contributed by atoms with E-state index in [1.165, 1.54) is 27.8 Å². The number of rotatable bonds is 6. The lowest BCUT2D eigenvalue weighted by Crippen LogP contribution is -2.39. The van der Waals surface area contributed by atoms with Gasteiger partial charge in [-0.1, -0.05) is 48.0 Å². The van der Waals surface area contributed by atoms with Crippen LogP contribution in [0.15, 0.2) is 42.5 Å². The smallest absolute Gasteiger partial charge is 0.168 e. The summed E-state index contributed by atoms with van der Waals surface area (Å²) in [5.41, 5.74) is 6.71. The molecular formula is C21H28N2S. The average molecular weight is 341 g/mol. The molecule has 0 unspecified atom stereocenters. The molecule has 0 atom stereocenters. The van der Waals surface area contributed by atoms with Gasteiger partial charge in [0.1, 0.15) is 0 Å². The molecule has 0 saturated carbocycles. The van der Waals surface area contributed by atoms with Gasteiger partial charge in [-0.25, -0.2) is 0 Å². The monoisotopic (exact) mass is 340 g/mol. The van der Waals surface area contributed by atoms with Crippen molar-refractivity contribution in [1.29, 1.82) is 0 Å². The normalized spacial score (nSPS) is 10.5. The van der Waals surface area contributed by atoms with Crippen LogP contribution in [0.2, 0.25) is 0 Å². The second-order valence-corrected chi connectivity index (χ2v) is 6.94. The lowest BCUT2D eigenvalue weighted by atomic mass is 10.0. The van der Waals surface area contributed by atoms with Crippen LogP contribution in [0, 0.1) is 20.8 Å². The van der Waals surface area contributed by atoms with E-state index in [9.17, 15) is 0 Å². The Hall–Kier alpha value is -1.87. The highest BCUT2D eigenvalue weighted by molar-refractivity contribution is 7.80. The number of aryl methyl sites for hydroxylation is 3. The van der Waals surface area contributed by atoms with E-state index < -0.39 is 0 Å². The van der Waals surface area contributed by atoms with Gasteiger partial charge in [-0.15, -0.1) is 0 Å². The molecule has 0 radical (unpaired) electrons. The lowest BCUT2D eigenvalue weighted by Gasteiger charge is -2.21. The van der Waals surface area contributed by atoms with E-state index in [4.69, 9.17) is 12.2 Å². The first-order valence-electron chi connectivity index (χ1n) is 8.56. The molecule has 2 aromatic rings. The second-order valence-electron chi connectivity index (χ2n) is 6.56. The van der Waals surface area contributed by atoms with Crippen molar-refractivity contribution in [1.82, 2.24) is 10.2 Å². The predicted molar refractivity (Wildman–Crippen MR) is 108 cm³/mol. The van der Waals surface area contributed by atoms with E-state index in [-0.39, 0.29) is 0 Å². The molecule has 0 aliphatic carbocycles. The number of nitrogens with zero attached hydrogens (tertiary/aromatic N) is 1. The van der Waals surface area contributed by atoms with E-state index >= 15 is 0 Å². The maximum Gasteiger partial charge on any atom is 0.168 e. The summed E-state index contributed by atoms with van der Waals surface area (Å²) in [7, 11) is 2.06. The third-order valence-corrected chi connectivity index (χ3v) is 4.92. The molecule has 0 fully saturated rings. The molecule has 2 aromatic carbocycles. The Kier molecular flexibility index (Phi) is 6.80. The van der Waals surface area contributed by atoms with Crippen molar-refractivity contribution in [3.05, 3.63) is 70.3 Å². The number of likely N-dealkylation sites (N-methyl/N-ethyl adjacent to an activating group) is 1. The molecule has 1 N–H and O–H groups in total. The zero-order chi connectivity index (χ0) is 17.5. The molecule has 0 aliphatic rings. The highest BCUT2D eigenvalue weighted by Crippen LogP contribution is 2.10. The molecule has 0 aliphatic heterocycles. The Labute approximate surface area is 151 Å². The highest BCUT2D eigenvalue weighted by atomic mass is 32.1. The molecule has 0 heterocycles. The van der Waals surface area contributed by atoms with Crippen LogP contribution in [0.5, 0.6) is 0 Å². The molecule has 2 nitrogen and oxygen atoms in total. The van der Waals surface area contributed by atoms with Crippen LogP contribution in [0.3, 0.4) is 0 Å². The van der Waals surface area contributed by atoms with E-state index in [0.29, 0.717) is 0 Å². The Bertz CT molecular complexity index is 677. The van der Waals surface area contributed by atoms with Gasteiger partial charge in [-0.3, -0.25) is 0 Å². The molecule has 0 saturated heterocycles. The standard InChI is InChI=1S/C21H28N2S/c1-16-5-8-19(9-6-16)11-13-22-21(24)23(4)14-12-20-10-7-17(2)18(3)15-20/h5-10,15H,11-14H2,1-4H3,(H,22,24). The van der Waals surface area contributed by atoms with Gasteiger partial charge in [0.15, 0.2) is 5.11 Å². The number of benzene rings is 2. The van der Waals surface area contributed by atoms with Crippen LogP contribution >= 0.6 is 12.2 Å². The van der Waals surface area contributed by atoms with Gasteiger partial charge in [-0.05, 0) is 68.1 Å². The largest absolute Gasteiger partial charge is 0.362 e. The van der Waals surface area contributed by atoms with Crippen molar-refractivity contribution in [2.75, 3.05) is 20.1 Å². The van der Waals surface area contributed by atoms with Crippen LogP contribution in [0.1, 0.15) is 27.8 Å². The number of nitrogens with one attached hydrogen (secondary N) is 1. The molecule has 128 valence electrons. The van der Waals surface area contributed by atoms with E-state index in [0.717, 1.165) is 31.0 Å². The van der Waals surface area contributed by atoms with E-state index in [2.05, 4.69) is 80.5 Å². The van der Waals surface area contributed by atoms with Gasteiger partial charge < -0.3 is 10.2 Å². The van der Waals surface area contributed by atoms with Crippen molar-refractivity contribution in [2.24, 2.45) is 0 Å². The first-order chi connectivity index (χ1) is 11.5. The summed E-state index contributed by atoms with van der Waals surface area (Å²) in [6.07, 6.45) is 2.00. The van der Waals surface area contributed by atoms with Gasteiger partial charge in [0.2, 0.25) is 0 Å². The number of hydrogen-bond acceptors (Lipinski definition) is 1. The van der Waals surface area contributed by atoms with Gasteiger partial charge in [0.25, 0.3) is 0 Å². The SMILES string of the molecule is Cc1ccc(CCNC(=S)N(C)CCc2ccc(C)c(C)c2)cc1. The molecule has 0 spiro atoms. The van der Waals surface area contributed by atoms with Crippen LogP contribution in [0.4, 0.5) is 0 Å². The fourth-order valence-electron chi connectivity index (χ4n) is 2.56. The van der Waals surface area contributed by atoms with Crippen LogP contribution in [-0.2, 0) is 12.8 Å². The molecule has 0 bridgehead atoms. The van der Waals surface area contributed by atoms with Crippen LogP contribution in [-0.4, -0.2) is 30.1 Å². The first-order valence-corrected chi connectivity index (χ1v) is 8.97. The van der Waals surface area contributed by atoms with Crippen LogP contribution in [0.25, 0.3) is 0 Å². The lowest BCUT2D eigenvalue weighted by molar-refractivity contribution is 0.497. The van der Waals surface area contributed by atoms with Crippen molar-refractivity contribution in [3.63, 3.8) is 0 Å². The number of hydrogen-bond donors (Lipinski definition) is 1. The fourth-order valence-corrected chi connectivity index (χ4v) is 2.75. The van der Waals surface area contributed by atoms with Gasteiger partial charge in [0, 0.05) is 20.1 Å². The fraction of sp³-hybridized carbons (Fsp3) is 0.381.